The quantitative estimate of drug-likeness (QED) is 0.730. The van der Waals surface area contributed by atoms with Crippen molar-refractivity contribution in [1.82, 2.24) is 15.1 Å². The maximum atomic E-state index is 11.8. The number of carbonyl (C=O) groups excluding carboxylic acids is 1. The zero-order valence-corrected chi connectivity index (χ0v) is 9.52. The summed E-state index contributed by atoms with van der Waals surface area (Å²) >= 11 is 0. The molecule has 6 nitrogen and oxygen atoms in total. The van der Waals surface area contributed by atoms with Crippen LogP contribution in [0.25, 0.3) is 0 Å². The second kappa shape index (κ2) is 4.34. The van der Waals surface area contributed by atoms with Crippen molar-refractivity contribution in [3.63, 3.8) is 0 Å². The van der Waals surface area contributed by atoms with E-state index in [2.05, 4.69) is 10.2 Å². The summed E-state index contributed by atoms with van der Waals surface area (Å²) < 4.78 is 0. The molecule has 0 saturated heterocycles. The van der Waals surface area contributed by atoms with Gasteiger partial charge in [-0.1, -0.05) is 0 Å². The van der Waals surface area contributed by atoms with Crippen LogP contribution in [0, 0.1) is 5.41 Å². The molecule has 1 aromatic heterocycles. The molecule has 0 saturated carbocycles. The van der Waals surface area contributed by atoms with E-state index in [1.807, 2.05) is 0 Å². The Morgan fingerprint density at radius 2 is 2.19 bits per heavy atom. The second-order valence-electron chi connectivity index (χ2n) is 4.20. The number of amides is 1. The Kier molecular flexibility index (Phi) is 3.31. The first-order valence-electron chi connectivity index (χ1n) is 4.82. The Hall–Kier alpha value is -1.85. The molecule has 0 bridgehead atoms. The highest BCUT2D eigenvalue weighted by Gasteiger charge is 2.38. The molecule has 0 unspecified atom stereocenters. The van der Waals surface area contributed by atoms with E-state index >= 15 is 0 Å². The van der Waals surface area contributed by atoms with Gasteiger partial charge in [-0.2, -0.15) is 5.10 Å². The fourth-order valence-corrected chi connectivity index (χ4v) is 1.28. The van der Waals surface area contributed by atoms with Crippen molar-refractivity contribution in [3.8, 4) is 0 Å². The highest BCUT2D eigenvalue weighted by Crippen LogP contribution is 2.19. The number of nitrogens with one attached hydrogen (secondary N) is 1. The van der Waals surface area contributed by atoms with Crippen LogP contribution >= 0.6 is 0 Å². The van der Waals surface area contributed by atoms with Crippen LogP contribution in [0.5, 0.6) is 0 Å². The second-order valence-corrected chi connectivity index (χ2v) is 4.20. The van der Waals surface area contributed by atoms with Crippen LogP contribution in [-0.4, -0.2) is 39.1 Å². The van der Waals surface area contributed by atoms with Crippen LogP contribution in [0.2, 0.25) is 0 Å². The maximum absolute atomic E-state index is 11.8. The minimum atomic E-state index is -1.40. The van der Waals surface area contributed by atoms with Crippen LogP contribution < -0.4 is 0 Å². The predicted octanol–water partition coefficient (Wildman–Crippen LogP) is 0.479. The zero-order chi connectivity index (χ0) is 12.3. The minimum absolute atomic E-state index is 0.339. The van der Waals surface area contributed by atoms with Crippen molar-refractivity contribution in [2.75, 3.05) is 7.05 Å². The molecule has 16 heavy (non-hydrogen) atoms. The Morgan fingerprint density at radius 1 is 1.56 bits per heavy atom. The van der Waals surface area contributed by atoms with Crippen molar-refractivity contribution < 1.29 is 14.7 Å². The van der Waals surface area contributed by atoms with Gasteiger partial charge in [-0.15, -0.1) is 0 Å². The van der Waals surface area contributed by atoms with E-state index in [4.69, 9.17) is 5.11 Å². The number of nitrogens with zero attached hydrogens (tertiary/aromatic N) is 2. The fourth-order valence-electron chi connectivity index (χ4n) is 1.28. The van der Waals surface area contributed by atoms with E-state index in [-0.39, 0.29) is 0 Å². The summed E-state index contributed by atoms with van der Waals surface area (Å²) in [6.07, 6.45) is 3.26. The number of carbonyl (C=O) groups is 2. The molecule has 1 heterocycles. The molecule has 1 aromatic rings. The van der Waals surface area contributed by atoms with E-state index in [1.165, 1.54) is 18.7 Å². The third-order valence-corrected chi connectivity index (χ3v) is 2.39. The van der Waals surface area contributed by atoms with Gasteiger partial charge in [-0.3, -0.25) is 14.7 Å². The van der Waals surface area contributed by atoms with Gasteiger partial charge in [0.05, 0.1) is 6.20 Å². The van der Waals surface area contributed by atoms with E-state index < -0.39 is 17.3 Å². The standard InChI is InChI=1S/C10H15N3O3/c1-10(2,9(15)16)8(14)13(3)6-7-4-11-12-5-7/h4-5H,6H2,1-3H3,(H,11,12)(H,15,16). The number of rotatable bonds is 4. The monoisotopic (exact) mass is 225 g/mol. The third kappa shape index (κ3) is 2.39. The van der Waals surface area contributed by atoms with Gasteiger partial charge in [0.25, 0.3) is 0 Å². The molecular weight excluding hydrogens is 210 g/mol. The van der Waals surface area contributed by atoms with Gasteiger partial charge in [0.2, 0.25) is 5.91 Å². The fraction of sp³-hybridized carbons (Fsp3) is 0.500. The molecule has 0 aliphatic heterocycles. The van der Waals surface area contributed by atoms with Crippen molar-refractivity contribution in [3.05, 3.63) is 18.0 Å². The number of aromatic amines is 1. The maximum Gasteiger partial charge on any atom is 0.318 e. The molecule has 1 amide bonds. The molecule has 0 radical (unpaired) electrons. The average Bonchev–Trinajstić information content (AvgIpc) is 2.68. The molecule has 1 rings (SSSR count). The molecule has 0 fully saturated rings. The number of aliphatic carboxylic acids is 1. The molecule has 0 aliphatic carbocycles. The van der Waals surface area contributed by atoms with Crippen LogP contribution in [0.4, 0.5) is 0 Å². The first kappa shape index (κ1) is 12.2. The number of carboxylic acids is 1. The number of H-pyrrole nitrogens is 1. The lowest BCUT2D eigenvalue weighted by Gasteiger charge is -2.25. The van der Waals surface area contributed by atoms with E-state index in [0.717, 1.165) is 5.56 Å². The summed E-state index contributed by atoms with van der Waals surface area (Å²) in [4.78, 5) is 24.1. The molecule has 0 aliphatic rings. The van der Waals surface area contributed by atoms with Crippen LogP contribution in [0.3, 0.4) is 0 Å². The normalized spacial score (nSPS) is 11.2. The van der Waals surface area contributed by atoms with Gasteiger partial charge in [-0.25, -0.2) is 0 Å². The van der Waals surface area contributed by atoms with Crippen molar-refractivity contribution in [1.29, 1.82) is 0 Å². The molecular formula is C10H15N3O3. The Labute approximate surface area is 93.3 Å². The van der Waals surface area contributed by atoms with Gasteiger partial charge in [0, 0.05) is 25.4 Å². The van der Waals surface area contributed by atoms with Crippen molar-refractivity contribution >= 4 is 11.9 Å². The highest BCUT2D eigenvalue weighted by molar-refractivity contribution is 6.00. The highest BCUT2D eigenvalue weighted by atomic mass is 16.4. The first-order valence-corrected chi connectivity index (χ1v) is 4.82. The Morgan fingerprint density at radius 3 is 2.62 bits per heavy atom. The van der Waals surface area contributed by atoms with E-state index in [1.54, 1.807) is 19.4 Å². The van der Waals surface area contributed by atoms with E-state index in [9.17, 15) is 9.59 Å². The van der Waals surface area contributed by atoms with Gasteiger partial charge in [0.1, 0.15) is 5.41 Å². The molecule has 6 heteroatoms. The first-order chi connectivity index (χ1) is 7.35. The summed E-state index contributed by atoms with van der Waals surface area (Å²) in [6, 6.07) is 0. The predicted molar refractivity (Wildman–Crippen MR) is 56.5 cm³/mol. The number of carboxylic acid groups (broad SMARTS) is 1. The number of hydrogen-bond donors (Lipinski definition) is 2. The molecule has 2 N–H and O–H groups in total. The number of hydrogen-bond acceptors (Lipinski definition) is 3. The Bertz CT molecular complexity index is 384. The van der Waals surface area contributed by atoms with Crippen LogP contribution in [0.1, 0.15) is 19.4 Å². The summed E-state index contributed by atoms with van der Waals surface area (Å²) in [5.74, 6) is -1.56. The topological polar surface area (TPSA) is 86.3 Å². The third-order valence-electron chi connectivity index (χ3n) is 2.39. The molecule has 0 spiro atoms. The van der Waals surface area contributed by atoms with E-state index in [0.29, 0.717) is 6.54 Å². The van der Waals surface area contributed by atoms with Gasteiger partial charge >= 0.3 is 5.97 Å². The van der Waals surface area contributed by atoms with Crippen LogP contribution in [0.15, 0.2) is 12.4 Å². The Balaban J connectivity index is 2.71. The minimum Gasteiger partial charge on any atom is -0.480 e. The van der Waals surface area contributed by atoms with Gasteiger partial charge < -0.3 is 10.0 Å². The van der Waals surface area contributed by atoms with Crippen molar-refractivity contribution in [2.24, 2.45) is 5.41 Å². The lowest BCUT2D eigenvalue weighted by molar-refractivity contribution is -0.157. The summed E-state index contributed by atoms with van der Waals surface area (Å²) in [5.41, 5.74) is -0.574. The van der Waals surface area contributed by atoms with Crippen LogP contribution in [-0.2, 0) is 16.1 Å². The molecule has 88 valence electrons. The van der Waals surface area contributed by atoms with Gasteiger partial charge in [0.15, 0.2) is 0 Å². The SMILES string of the molecule is CN(Cc1cn[nH]c1)C(=O)C(C)(C)C(=O)O. The molecule has 0 aromatic carbocycles. The largest absolute Gasteiger partial charge is 0.480 e. The smallest absolute Gasteiger partial charge is 0.318 e. The number of aromatic nitrogens is 2. The summed E-state index contributed by atoms with van der Waals surface area (Å²) in [7, 11) is 1.57. The summed E-state index contributed by atoms with van der Waals surface area (Å²) in [6.45, 7) is 3.12. The average molecular weight is 225 g/mol. The summed E-state index contributed by atoms with van der Waals surface area (Å²) in [5, 5.41) is 15.3. The van der Waals surface area contributed by atoms with Crippen molar-refractivity contribution in [2.45, 2.75) is 20.4 Å². The lowest BCUT2D eigenvalue weighted by atomic mass is 9.92. The zero-order valence-electron chi connectivity index (χ0n) is 9.52. The van der Waals surface area contributed by atoms with Gasteiger partial charge in [-0.05, 0) is 13.8 Å². The molecule has 0 atom stereocenters. The lowest BCUT2D eigenvalue weighted by Crippen LogP contribution is -2.42.